The third-order valence-corrected chi connectivity index (χ3v) is 7.17. The third-order valence-electron chi connectivity index (χ3n) is 5.16. The van der Waals surface area contributed by atoms with Gasteiger partial charge in [-0.3, -0.25) is 9.80 Å². The number of rotatable bonds is 2. The Morgan fingerprint density at radius 3 is 2.79 bits per heavy atom. The van der Waals surface area contributed by atoms with Crippen LogP contribution in [-0.4, -0.2) is 66.9 Å². The number of likely N-dealkylation sites (N-methyl/N-ethyl adjacent to an activating group) is 1. The molecule has 0 saturated carbocycles. The predicted molar refractivity (Wildman–Crippen MR) is 96.0 cm³/mol. The number of hydrogen-bond donors (Lipinski definition) is 0. The van der Waals surface area contributed by atoms with Crippen molar-refractivity contribution in [2.75, 3.05) is 31.6 Å². The Hall–Kier alpha value is -1.21. The van der Waals surface area contributed by atoms with Crippen molar-refractivity contribution in [3.05, 3.63) is 41.0 Å². The zero-order valence-electron chi connectivity index (χ0n) is 13.5. The van der Waals surface area contributed by atoms with Crippen LogP contribution in [0.3, 0.4) is 0 Å². The first kappa shape index (κ1) is 16.3. The van der Waals surface area contributed by atoms with Gasteiger partial charge in [-0.25, -0.2) is 13.4 Å². The lowest BCUT2D eigenvalue weighted by atomic mass is 10.1. The van der Waals surface area contributed by atoms with E-state index in [1.807, 2.05) is 37.4 Å². The quantitative estimate of drug-likeness (QED) is 0.812. The number of benzene rings is 1. The lowest BCUT2D eigenvalue weighted by Gasteiger charge is -2.42. The summed E-state index contributed by atoms with van der Waals surface area (Å²) in [6, 6.07) is 9.94. The first-order valence-electron chi connectivity index (χ1n) is 8.12. The van der Waals surface area contributed by atoms with Gasteiger partial charge < -0.3 is 0 Å². The smallest absolute Gasteiger partial charge is 0.153 e. The Kier molecular flexibility index (Phi) is 4.03. The summed E-state index contributed by atoms with van der Waals surface area (Å²) >= 11 is 6.26. The number of para-hydroxylation sites is 1. The van der Waals surface area contributed by atoms with Crippen molar-refractivity contribution in [2.45, 2.75) is 18.6 Å². The van der Waals surface area contributed by atoms with Crippen LogP contribution in [-0.2, 0) is 16.4 Å². The first-order chi connectivity index (χ1) is 11.4. The van der Waals surface area contributed by atoms with Gasteiger partial charge in [-0.1, -0.05) is 29.8 Å². The lowest BCUT2D eigenvalue weighted by molar-refractivity contribution is 0.0565. The summed E-state index contributed by atoms with van der Waals surface area (Å²) in [5.74, 6) is 0.512. The summed E-state index contributed by atoms with van der Waals surface area (Å²) in [5, 5.41) is 1.67. The maximum Gasteiger partial charge on any atom is 0.153 e. The molecule has 0 bridgehead atoms. The van der Waals surface area contributed by atoms with Crippen molar-refractivity contribution >= 4 is 32.3 Å². The molecule has 1 aromatic heterocycles. The minimum Gasteiger partial charge on any atom is -0.300 e. The number of fused-ring (bicyclic) bond motifs is 2. The standard InChI is InChI=1S/C17H20ClN3O2S/c1-20-7-8-21(16-11-24(22,23)10-15(16)20)9-13-6-5-12-3-2-4-14(18)17(12)19-13/h2-6,15-16H,7-11H2,1H3. The minimum absolute atomic E-state index is 0.0532. The molecule has 2 aromatic rings. The van der Waals surface area contributed by atoms with E-state index in [0.29, 0.717) is 11.6 Å². The Morgan fingerprint density at radius 1 is 1.17 bits per heavy atom. The van der Waals surface area contributed by atoms with Gasteiger partial charge in [-0.2, -0.15) is 0 Å². The zero-order chi connectivity index (χ0) is 16.9. The fourth-order valence-corrected chi connectivity index (χ4v) is 6.15. The second-order valence-corrected chi connectivity index (χ2v) is 9.34. The van der Waals surface area contributed by atoms with Gasteiger partial charge in [0.05, 0.1) is 27.7 Å². The summed E-state index contributed by atoms with van der Waals surface area (Å²) in [7, 11) is -0.935. The van der Waals surface area contributed by atoms with Gasteiger partial charge in [0.1, 0.15) is 0 Å². The highest BCUT2D eigenvalue weighted by Crippen LogP contribution is 2.28. The molecular weight excluding hydrogens is 346 g/mol. The van der Waals surface area contributed by atoms with Gasteiger partial charge in [0, 0.05) is 37.1 Å². The van der Waals surface area contributed by atoms with Gasteiger partial charge in [0.2, 0.25) is 0 Å². The van der Waals surface area contributed by atoms with E-state index in [1.54, 1.807) is 0 Å². The summed E-state index contributed by atoms with van der Waals surface area (Å²) in [6.45, 7) is 2.39. The molecular formula is C17H20ClN3O2S. The highest BCUT2D eigenvalue weighted by molar-refractivity contribution is 7.91. The lowest BCUT2D eigenvalue weighted by Crippen LogP contribution is -2.57. The fourth-order valence-electron chi connectivity index (χ4n) is 3.84. The van der Waals surface area contributed by atoms with Crippen molar-refractivity contribution in [1.82, 2.24) is 14.8 Å². The Labute approximate surface area is 147 Å². The van der Waals surface area contributed by atoms with Gasteiger partial charge in [-0.15, -0.1) is 0 Å². The van der Waals surface area contributed by atoms with E-state index in [2.05, 4.69) is 9.80 Å². The van der Waals surface area contributed by atoms with E-state index in [0.717, 1.165) is 29.7 Å². The predicted octanol–water partition coefficient (Wildman–Crippen LogP) is 1.80. The topological polar surface area (TPSA) is 53.5 Å². The molecule has 0 spiro atoms. The van der Waals surface area contributed by atoms with Crippen molar-refractivity contribution < 1.29 is 8.42 Å². The van der Waals surface area contributed by atoms with Crippen LogP contribution in [0.4, 0.5) is 0 Å². The Bertz CT molecular complexity index is 887. The number of aromatic nitrogens is 1. The minimum atomic E-state index is -2.95. The van der Waals surface area contributed by atoms with E-state index in [9.17, 15) is 8.42 Å². The average molecular weight is 366 g/mol. The van der Waals surface area contributed by atoms with Crippen LogP contribution in [0.5, 0.6) is 0 Å². The third kappa shape index (κ3) is 2.92. The zero-order valence-corrected chi connectivity index (χ0v) is 15.1. The molecule has 128 valence electrons. The highest BCUT2D eigenvalue weighted by Gasteiger charge is 2.45. The molecule has 3 heterocycles. The monoisotopic (exact) mass is 365 g/mol. The number of piperazine rings is 1. The number of hydrogen-bond acceptors (Lipinski definition) is 5. The summed E-state index contributed by atoms with van der Waals surface area (Å²) in [4.78, 5) is 9.14. The maximum atomic E-state index is 12.1. The molecule has 0 N–H and O–H groups in total. The Balaban J connectivity index is 1.62. The fraction of sp³-hybridized carbons (Fsp3) is 0.471. The van der Waals surface area contributed by atoms with Crippen LogP contribution in [0.2, 0.25) is 5.02 Å². The normalized spacial score (nSPS) is 27.4. The summed E-state index contributed by atoms with van der Waals surface area (Å²) in [6.07, 6.45) is 0. The Morgan fingerprint density at radius 2 is 1.96 bits per heavy atom. The highest BCUT2D eigenvalue weighted by atomic mass is 35.5. The summed E-state index contributed by atoms with van der Waals surface area (Å²) < 4.78 is 24.1. The van der Waals surface area contributed by atoms with Crippen LogP contribution in [0.15, 0.2) is 30.3 Å². The van der Waals surface area contributed by atoms with Gasteiger partial charge in [0.25, 0.3) is 0 Å². The molecule has 7 heteroatoms. The van der Waals surface area contributed by atoms with E-state index in [-0.39, 0.29) is 23.6 Å². The SMILES string of the molecule is CN1CCN(Cc2ccc3cccc(Cl)c3n2)C2CS(=O)(=O)CC21. The van der Waals surface area contributed by atoms with E-state index < -0.39 is 9.84 Å². The van der Waals surface area contributed by atoms with Crippen LogP contribution in [0, 0.1) is 0 Å². The van der Waals surface area contributed by atoms with E-state index in [4.69, 9.17) is 16.6 Å². The van der Waals surface area contributed by atoms with Gasteiger partial charge >= 0.3 is 0 Å². The van der Waals surface area contributed by atoms with E-state index in [1.165, 1.54) is 0 Å². The van der Waals surface area contributed by atoms with Crippen molar-refractivity contribution in [3.63, 3.8) is 0 Å². The van der Waals surface area contributed by atoms with Crippen LogP contribution in [0.1, 0.15) is 5.69 Å². The van der Waals surface area contributed by atoms with Gasteiger partial charge in [0.15, 0.2) is 9.84 Å². The summed E-state index contributed by atoms with van der Waals surface area (Å²) in [5.41, 5.74) is 1.74. The van der Waals surface area contributed by atoms with E-state index >= 15 is 0 Å². The first-order valence-corrected chi connectivity index (χ1v) is 10.3. The molecule has 5 nitrogen and oxygen atoms in total. The van der Waals surface area contributed by atoms with Crippen LogP contribution >= 0.6 is 11.6 Å². The van der Waals surface area contributed by atoms with Crippen LogP contribution < -0.4 is 0 Å². The molecule has 0 aliphatic carbocycles. The van der Waals surface area contributed by atoms with Gasteiger partial charge in [-0.05, 0) is 19.2 Å². The average Bonchev–Trinajstić information content (AvgIpc) is 2.87. The second kappa shape index (κ2) is 5.95. The second-order valence-electron chi connectivity index (χ2n) is 6.78. The molecule has 2 aliphatic heterocycles. The maximum absolute atomic E-state index is 12.1. The largest absolute Gasteiger partial charge is 0.300 e. The number of pyridine rings is 1. The molecule has 2 saturated heterocycles. The molecule has 2 aliphatic rings. The molecule has 2 fully saturated rings. The molecule has 1 aromatic carbocycles. The molecule has 24 heavy (non-hydrogen) atoms. The number of sulfone groups is 1. The number of halogens is 1. The molecule has 0 amide bonds. The molecule has 4 rings (SSSR count). The molecule has 2 atom stereocenters. The van der Waals surface area contributed by atoms with Crippen molar-refractivity contribution in [3.8, 4) is 0 Å². The van der Waals surface area contributed by atoms with Crippen molar-refractivity contribution in [2.24, 2.45) is 0 Å². The number of nitrogens with zero attached hydrogens (tertiary/aromatic N) is 3. The molecule has 2 unspecified atom stereocenters. The molecule has 0 radical (unpaired) electrons. The van der Waals surface area contributed by atoms with Crippen molar-refractivity contribution in [1.29, 1.82) is 0 Å². The van der Waals surface area contributed by atoms with Crippen LogP contribution in [0.25, 0.3) is 10.9 Å².